The van der Waals surface area contributed by atoms with Crippen LogP contribution in [0.25, 0.3) is 0 Å². The Balaban J connectivity index is 1.29. The maximum atomic E-state index is 12.5. The van der Waals surface area contributed by atoms with Crippen LogP contribution in [0, 0.1) is 5.92 Å². The Kier molecular flexibility index (Phi) is 4.73. The molecule has 0 spiro atoms. The number of fused-ring (bicyclic) bond motifs is 1. The Morgan fingerprint density at radius 3 is 2.88 bits per heavy atom. The molecular formula is C18H24N6O2. The van der Waals surface area contributed by atoms with Crippen molar-refractivity contribution in [2.45, 2.75) is 57.7 Å². The highest BCUT2D eigenvalue weighted by Crippen LogP contribution is 2.21. The van der Waals surface area contributed by atoms with Gasteiger partial charge < -0.3 is 15.2 Å². The number of nitrogens with zero attached hydrogens (tertiary/aromatic N) is 4. The van der Waals surface area contributed by atoms with Gasteiger partial charge in [-0.2, -0.15) is 5.10 Å². The summed E-state index contributed by atoms with van der Waals surface area (Å²) >= 11 is 0. The first-order chi connectivity index (χ1) is 12.7. The molecule has 8 nitrogen and oxygen atoms in total. The zero-order valence-electron chi connectivity index (χ0n) is 14.7. The molecule has 1 unspecified atom stereocenters. The first-order valence-electron chi connectivity index (χ1n) is 9.29. The molecule has 1 aliphatic carbocycles. The third kappa shape index (κ3) is 3.79. The predicted molar refractivity (Wildman–Crippen MR) is 95.3 cm³/mol. The number of hydrogen-bond acceptors (Lipinski definition) is 4. The van der Waals surface area contributed by atoms with Gasteiger partial charge in [0.1, 0.15) is 6.54 Å². The van der Waals surface area contributed by atoms with Gasteiger partial charge in [0.2, 0.25) is 11.8 Å². The molecule has 2 aromatic rings. The summed E-state index contributed by atoms with van der Waals surface area (Å²) in [5.74, 6) is -0.0981. The van der Waals surface area contributed by atoms with Crippen LogP contribution in [0.1, 0.15) is 37.8 Å². The van der Waals surface area contributed by atoms with Gasteiger partial charge in [0.15, 0.2) is 0 Å². The Morgan fingerprint density at radius 2 is 2.04 bits per heavy atom. The lowest BCUT2D eigenvalue weighted by Gasteiger charge is -2.22. The third-order valence-electron chi connectivity index (χ3n) is 5.27. The molecule has 0 aromatic carbocycles. The SMILES string of the molecule is O=C(Cn1cc(NC(=O)C2CCn3cncc3C2)cn1)NC1CCCC1. The fourth-order valence-electron chi connectivity index (χ4n) is 3.84. The molecule has 0 saturated heterocycles. The number of nitrogens with one attached hydrogen (secondary N) is 2. The van der Waals surface area contributed by atoms with Crippen LogP contribution in [-0.2, 0) is 29.1 Å². The number of carbonyl (C=O) groups excluding carboxylic acids is 2. The van der Waals surface area contributed by atoms with E-state index in [0.29, 0.717) is 18.2 Å². The molecule has 8 heteroatoms. The lowest BCUT2D eigenvalue weighted by molar-refractivity contribution is -0.122. The van der Waals surface area contributed by atoms with Crippen LogP contribution < -0.4 is 10.6 Å². The molecule has 26 heavy (non-hydrogen) atoms. The highest BCUT2D eigenvalue weighted by atomic mass is 16.2. The lowest BCUT2D eigenvalue weighted by atomic mass is 9.95. The van der Waals surface area contributed by atoms with E-state index in [9.17, 15) is 9.59 Å². The van der Waals surface area contributed by atoms with Crippen molar-refractivity contribution in [3.8, 4) is 0 Å². The van der Waals surface area contributed by atoms with Gasteiger partial charge in [0, 0.05) is 43.0 Å². The zero-order valence-corrected chi connectivity index (χ0v) is 14.7. The highest BCUT2D eigenvalue weighted by molar-refractivity contribution is 5.92. The maximum absolute atomic E-state index is 12.5. The number of hydrogen-bond donors (Lipinski definition) is 2. The second kappa shape index (κ2) is 7.31. The standard InChI is InChI=1S/C18H24N6O2/c25-17(21-14-3-1-2-4-14)11-24-10-15(8-20-24)22-18(26)13-5-6-23-12-19-9-16(23)7-13/h8-10,12-14H,1-7,11H2,(H,21,25)(H,22,26). The van der Waals surface area contributed by atoms with E-state index in [1.165, 1.54) is 12.8 Å². The number of carbonyl (C=O) groups is 2. The van der Waals surface area contributed by atoms with E-state index in [0.717, 1.165) is 31.5 Å². The number of amides is 2. The normalized spacial score (nSPS) is 19.9. The van der Waals surface area contributed by atoms with Gasteiger partial charge in [-0.15, -0.1) is 0 Å². The molecule has 0 bridgehead atoms. The van der Waals surface area contributed by atoms with Gasteiger partial charge in [-0.1, -0.05) is 12.8 Å². The van der Waals surface area contributed by atoms with Gasteiger partial charge in [0.25, 0.3) is 0 Å². The molecule has 2 aromatic heterocycles. The third-order valence-corrected chi connectivity index (χ3v) is 5.27. The Hall–Kier alpha value is -2.64. The lowest BCUT2D eigenvalue weighted by Crippen LogP contribution is -2.35. The minimum absolute atomic E-state index is 0.00703. The largest absolute Gasteiger partial charge is 0.352 e. The molecule has 4 rings (SSSR count). The quantitative estimate of drug-likeness (QED) is 0.845. The van der Waals surface area contributed by atoms with Crippen molar-refractivity contribution < 1.29 is 9.59 Å². The van der Waals surface area contributed by atoms with Crippen molar-refractivity contribution in [3.63, 3.8) is 0 Å². The van der Waals surface area contributed by atoms with Crippen LogP contribution in [0.2, 0.25) is 0 Å². The van der Waals surface area contributed by atoms with E-state index in [1.807, 2.05) is 12.5 Å². The Morgan fingerprint density at radius 1 is 1.19 bits per heavy atom. The first-order valence-corrected chi connectivity index (χ1v) is 9.29. The summed E-state index contributed by atoms with van der Waals surface area (Å²) in [5, 5.41) is 10.1. The van der Waals surface area contributed by atoms with Crippen molar-refractivity contribution in [1.82, 2.24) is 24.6 Å². The number of rotatable bonds is 5. The van der Waals surface area contributed by atoms with Crippen LogP contribution in [0.5, 0.6) is 0 Å². The first kappa shape index (κ1) is 16.8. The molecule has 2 amide bonds. The molecule has 1 saturated carbocycles. The predicted octanol–water partition coefficient (Wildman–Crippen LogP) is 1.34. The Bertz CT molecular complexity index is 789. The van der Waals surface area contributed by atoms with E-state index < -0.39 is 0 Å². The number of aromatic nitrogens is 4. The van der Waals surface area contributed by atoms with Crippen LogP contribution in [0.4, 0.5) is 5.69 Å². The van der Waals surface area contributed by atoms with E-state index in [1.54, 1.807) is 17.1 Å². The van der Waals surface area contributed by atoms with Crippen LogP contribution >= 0.6 is 0 Å². The molecule has 2 N–H and O–H groups in total. The van der Waals surface area contributed by atoms with Gasteiger partial charge in [-0.3, -0.25) is 14.3 Å². The summed E-state index contributed by atoms with van der Waals surface area (Å²) in [6.45, 7) is 0.989. The molecule has 0 radical (unpaired) electrons. The maximum Gasteiger partial charge on any atom is 0.241 e. The number of anilines is 1. The Labute approximate surface area is 152 Å². The molecule has 3 heterocycles. The average Bonchev–Trinajstić information content (AvgIpc) is 3.36. The highest BCUT2D eigenvalue weighted by Gasteiger charge is 2.25. The zero-order chi connectivity index (χ0) is 17.9. The van der Waals surface area contributed by atoms with Gasteiger partial charge in [-0.25, -0.2) is 4.98 Å². The van der Waals surface area contributed by atoms with Crippen molar-refractivity contribution >= 4 is 17.5 Å². The van der Waals surface area contributed by atoms with E-state index in [2.05, 4.69) is 25.3 Å². The number of aryl methyl sites for hydroxylation is 1. The van der Waals surface area contributed by atoms with E-state index >= 15 is 0 Å². The minimum Gasteiger partial charge on any atom is -0.352 e. The number of imidazole rings is 1. The van der Waals surface area contributed by atoms with Crippen LogP contribution in [0.15, 0.2) is 24.9 Å². The van der Waals surface area contributed by atoms with Crippen molar-refractivity contribution in [1.29, 1.82) is 0 Å². The second-order valence-electron chi connectivity index (χ2n) is 7.23. The minimum atomic E-state index is -0.0618. The van der Waals surface area contributed by atoms with Crippen molar-refractivity contribution in [2.75, 3.05) is 5.32 Å². The summed E-state index contributed by atoms with van der Waals surface area (Å²) in [5.41, 5.74) is 1.72. The molecule has 138 valence electrons. The summed E-state index contributed by atoms with van der Waals surface area (Å²) in [6.07, 6.45) is 12.9. The summed E-state index contributed by atoms with van der Waals surface area (Å²) in [7, 11) is 0. The van der Waals surface area contributed by atoms with Crippen LogP contribution in [0.3, 0.4) is 0 Å². The second-order valence-corrected chi connectivity index (χ2v) is 7.23. The van der Waals surface area contributed by atoms with E-state index in [4.69, 9.17) is 0 Å². The molecule has 1 aliphatic heterocycles. The average molecular weight is 356 g/mol. The summed E-state index contributed by atoms with van der Waals surface area (Å²) in [6, 6.07) is 0.303. The van der Waals surface area contributed by atoms with Gasteiger partial charge >= 0.3 is 0 Å². The summed E-state index contributed by atoms with van der Waals surface area (Å²) in [4.78, 5) is 28.7. The molecule has 1 fully saturated rings. The topological polar surface area (TPSA) is 93.8 Å². The molecule has 1 atom stereocenters. The summed E-state index contributed by atoms with van der Waals surface area (Å²) < 4.78 is 3.65. The van der Waals surface area contributed by atoms with E-state index in [-0.39, 0.29) is 24.3 Å². The fourth-order valence-corrected chi connectivity index (χ4v) is 3.84. The molecular weight excluding hydrogens is 332 g/mol. The fraction of sp³-hybridized carbons (Fsp3) is 0.556. The van der Waals surface area contributed by atoms with Crippen molar-refractivity contribution in [3.05, 3.63) is 30.6 Å². The van der Waals surface area contributed by atoms with Gasteiger partial charge in [-0.05, 0) is 19.3 Å². The smallest absolute Gasteiger partial charge is 0.241 e. The monoisotopic (exact) mass is 356 g/mol. The van der Waals surface area contributed by atoms with Crippen molar-refractivity contribution in [2.24, 2.45) is 5.92 Å². The molecule has 2 aliphatic rings. The van der Waals surface area contributed by atoms with Crippen LogP contribution in [-0.4, -0.2) is 37.2 Å². The van der Waals surface area contributed by atoms with Gasteiger partial charge in [0.05, 0.1) is 18.2 Å².